The van der Waals surface area contributed by atoms with E-state index in [0.29, 0.717) is 66.4 Å². The van der Waals surface area contributed by atoms with E-state index in [1.807, 2.05) is 11.8 Å². The van der Waals surface area contributed by atoms with Crippen molar-refractivity contribution < 1.29 is 28.1 Å². The number of benzene rings is 2. The molecule has 4 aromatic rings. The Morgan fingerprint density at radius 2 is 1.98 bits per heavy atom. The van der Waals surface area contributed by atoms with Crippen molar-refractivity contribution in [3.63, 3.8) is 0 Å². The summed E-state index contributed by atoms with van der Waals surface area (Å²) >= 11 is 0. The molecule has 2 aromatic heterocycles. The van der Waals surface area contributed by atoms with Crippen molar-refractivity contribution in [2.24, 2.45) is 0 Å². The summed E-state index contributed by atoms with van der Waals surface area (Å²) in [7, 11) is 0. The van der Waals surface area contributed by atoms with Gasteiger partial charge in [-0.25, -0.2) is 13.2 Å². The van der Waals surface area contributed by atoms with Crippen LogP contribution in [0.2, 0.25) is 0 Å². The van der Waals surface area contributed by atoms with E-state index >= 15 is 4.39 Å². The second-order valence-corrected chi connectivity index (χ2v) is 12.1. The van der Waals surface area contributed by atoms with E-state index in [9.17, 15) is 19.0 Å². The third-order valence-electron chi connectivity index (χ3n) is 9.33. The molecule has 226 valence electrons. The molecular weight excluding hydrogens is 559 g/mol. The Bertz CT molecular complexity index is 1720. The smallest absolute Gasteiger partial charge is 0.319 e. The van der Waals surface area contributed by atoms with Gasteiger partial charge in [0.2, 0.25) is 0 Å². The van der Waals surface area contributed by atoms with Crippen LogP contribution in [0.1, 0.15) is 44.6 Å². The zero-order valence-corrected chi connectivity index (χ0v) is 24.0. The molecule has 3 atom stereocenters. The monoisotopic (exact) mass is 593 g/mol. The molecule has 3 aliphatic heterocycles. The maximum atomic E-state index is 16.7. The van der Waals surface area contributed by atoms with Crippen molar-refractivity contribution >= 4 is 27.5 Å². The second kappa shape index (κ2) is 10.8. The van der Waals surface area contributed by atoms with E-state index < -0.39 is 29.4 Å². The predicted molar refractivity (Wildman–Crippen MR) is 157 cm³/mol. The van der Waals surface area contributed by atoms with Crippen LogP contribution in [0.5, 0.6) is 11.8 Å². The summed E-state index contributed by atoms with van der Waals surface area (Å²) in [4.78, 5) is 17.7. The van der Waals surface area contributed by atoms with Gasteiger partial charge in [0.25, 0.3) is 0 Å². The number of pyridine rings is 1. The minimum Gasteiger partial charge on any atom is -0.508 e. The third-order valence-corrected chi connectivity index (χ3v) is 9.33. The molecule has 0 aliphatic carbocycles. The van der Waals surface area contributed by atoms with Gasteiger partial charge in [0.05, 0.1) is 17.0 Å². The van der Waals surface area contributed by atoms with Crippen molar-refractivity contribution in [1.82, 2.24) is 19.9 Å². The van der Waals surface area contributed by atoms with Gasteiger partial charge in [-0.3, -0.25) is 9.88 Å². The average Bonchev–Trinajstić information content (AvgIpc) is 3.51. The number of hydrogen-bond acceptors (Lipinski definition) is 8. The van der Waals surface area contributed by atoms with Crippen molar-refractivity contribution in [3.05, 3.63) is 47.7 Å². The van der Waals surface area contributed by atoms with Crippen molar-refractivity contribution in [3.8, 4) is 23.0 Å². The van der Waals surface area contributed by atoms with Crippen molar-refractivity contribution in [2.75, 3.05) is 37.7 Å². The zero-order valence-electron chi connectivity index (χ0n) is 24.0. The number of halogens is 3. The molecule has 1 unspecified atom stereocenters. The summed E-state index contributed by atoms with van der Waals surface area (Å²) in [5.74, 6) is -0.884. The third kappa shape index (κ3) is 4.82. The highest BCUT2D eigenvalue weighted by atomic mass is 19.1. The number of fused-ring (bicyclic) bond motifs is 3. The maximum Gasteiger partial charge on any atom is 0.319 e. The Morgan fingerprint density at radius 3 is 2.79 bits per heavy atom. The number of alkyl halides is 1. The second-order valence-electron chi connectivity index (χ2n) is 12.1. The van der Waals surface area contributed by atoms with Crippen LogP contribution in [0.15, 0.2) is 30.5 Å². The Labute approximate surface area is 247 Å². The van der Waals surface area contributed by atoms with E-state index in [4.69, 9.17) is 4.74 Å². The van der Waals surface area contributed by atoms with Crippen LogP contribution in [0.25, 0.3) is 32.9 Å². The molecule has 0 radical (unpaired) electrons. The molecule has 0 spiro atoms. The number of aromatic hydroxyl groups is 1. The fourth-order valence-corrected chi connectivity index (χ4v) is 7.34. The molecule has 8 nitrogen and oxygen atoms in total. The van der Waals surface area contributed by atoms with Gasteiger partial charge in [-0.05, 0) is 73.2 Å². The molecule has 2 N–H and O–H groups in total. The first-order chi connectivity index (χ1) is 20.8. The van der Waals surface area contributed by atoms with Crippen LogP contribution < -0.4 is 9.64 Å². The molecule has 0 saturated carbocycles. The largest absolute Gasteiger partial charge is 0.508 e. The number of phenols is 1. The lowest BCUT2D eigenvalue weighted by Gasteiger charge is -2.32. The Balaban J connectivity index is 1.37. The number of aryl methyl sites for hydroxylation is 1. The lowest BCUT2D eigenvalue weighted by Crippen LogP contribution is -2.43. The van der Waals surface area contributed by atoms with Gasteiger partial charge < -0.3 is 19.8 Å². The number of β-amino-alcohol motifs (C(OH)–C–C–N with tert-alkyl or cyclic N) is 1. The molecule has 3 aliphatic rings. The van der Waals surface area contributed by atoms with Crippen LogP contribution in [0, 0.1) is 11.6 Å². The summed E-state index contributed by atoms with van der Waals surface area (Å²) in [6.45, 7) is 4.09. The lowest BCUT2D eigenvalue weighted by atomic mass is 9.94. The Hall–Kier alpha value is -3.70. The van der Waals surface area contributed by atoms with E-state index in [1.54, 1.807) is 6.07 Å². The minimum atomic E-state index is -0.923. The summed E-state index contributed by atoms with van der Waals surface area (Å²) in [6.07, 6.45) is 3.86. The summed E-state index contributed by atoms with van der Waals surface area (Å²) in [6, 6.07) is 5.76. The zero-order chi connectivity index (χ0) is 29.9. The molecule has 43 heavy (non-hydrogen) atoms. The lowest BCUT2D eigenvalue weighted by molar-refractivity contribution is 0.107. The van der Waals surface area contributed by atoms with Gasteiger partial charge in [0.1, 0.15) is 41.4 Å². The SMILES string of the molecule is CCc1c(F)ccc2cc(O)cc(-c3ncc4c(N5CCC[C@@H](O)C5)nc(OC[C@@]56CCCN5CC(F)C6)nc4c3F)c12. The van der Waals surface area contributed by atoms with Crippen LogP contribution in [0.4, 0.5) is 19.0 Å². The van der Waals surface area contributed by atoms with E-state index in [2.05, 4.69) is 19.9 Å². The molecule has 2 aromatic carbocycles. The molecule has 11 heteroatoms. The van der Waals surface area contributed by atoms with Crippen LogP contribution in [0.3, 0.4) is 0 Å². The first kappa shape index (κ1) is 28.1. The number of nitrogens with zero attached hydrogens (tertiary/aromatic N) is 5. The van der Waals surface area contributed by atoms with Crippen LogP contribution >= 0.6 is 0 Å². The van der Waals surface area contributed by atoms with Crippen LogP contribution in [-0.4, -0.2) is 80.7 Å². The Morgan fingerprint density at radius 1 is 1.12 bits per heavy atom. The minimum absolute atomic E-state index is 0.0356. The molecule has 0 bridgehead atoms. The van der Waals surface area contributed by atoms with Gasteiger partial charge in [0.15, 0.2) is 5.82 Å². The van der Waals surface area contributed by atoms with Gasteiger partial charge >= 0.3 is 6.01 Å². The number of aromatic nitrogens is 3. The molecular formula is C32H34F3N5O3. The highest BCUT2D eigenvalue weighted by molar-refractivity contribution is 6.01. The Kier molecular flexibility index (Phi) is 7.04. The maximum absolute atomic E-state index is 16.7. The van der Waals surface area contributed by atoms with Gasteiger partial charge in [-0.15, -0.1) is 0 Å². The van der Waals surface area contributed by atoms with Gasteiger partial charge in [-0.1, -0.05) is 13.0 Å². The fraction of sp³-hybridized carbons (Fsp3) is 0.469. The first-order valence-electron chi connectivity index (χ1n) is 15.0. The highest BCUT2D eigenvalue weighted by Gasteiger charge is 2.49. The number of rotatable bonds is 6. The normalized spacial score (nSPS) is 24.3. The number of anilines is 1. The number of aliphatic hydroxyl groups excluding tert-OH is 1. The molecule has 3 saturated heterocycles. The topological polar surface area (TPSA) is 94.8 Å². The summed E-state index contributed by atoms with van der Waals surface area (Å²) in [5, 5.41) is 22.3. The number of aliphatic hydroxyl groups is 1. The standard InChI is InChI=1S/C32H34F3N5O3/c1-2-22-25(34)7-6-18-11-21(42)12-23(26(18)22)28-27(35)29-24(14-36-28)30(39-9-3-5-20(41)16-39)38-31(37-29)43-17-32-8-4-10-40(32)15-19(33)13-32/h6-7,11-12,14,19-20,41-42H,2-5,8-10,13,15-17H2,1H3/t19?,20-,32+/m1/s1. The summed E-state index contributed by atoms with van der Waals surface area (Å²) < 4.78 is 52.1. The van der Waals surface area contributed by atoms with Gasteiger partial charge in [0, 0.05) is 37.8 Å². The summed E-state index contributed by atoms with van der Waals surface area (Å²) in [5.41, 5.74) is 0.0856. The first-order valence-corrected chi connectivity index (χ1v) is 15.0. The highest BCUT2D eigenvalue weighted by Crippen LogP contribution is 2.42. The molecule has 7 rings (SSSR count). The van der Waals surface area contributed by atoms with Crippen molar-refractivity contribution in [2.45, 2.75) is 63.3 Å². The number of phenolic OH excluding ortho intramolecular Hbond substituents is 1. The van der Waals surface area contributed by atoms with E-state index in [1.165, 1.54) is 24.4 Å². The molecule has 3 fully saturated rings. The van der Waals surface area contributed by atoms with Crippen LogP contribution in [-0.2, 0) is 6.42 Å². The number of hydrogen-bond donors (Lipinski definition) is 2. The van der Waals surface area contributed by atoms with E-state index in [-0.39, 0.29) is 35.1 Å². The van der Waals surface area contributed by atoms with E-state index in [0.717, 1.165) is 25.8 Å². The number of ether oxygens (including phenoxy) is 1. The average molecular weight is 594 g/mol. The van der Waals surface area contributed by atoms with Gasteiger partial charge in [-0.2, -0.15) is 9.97 Å². The molecule has 5 heterocycles. The van der Waals surface area contributed by atoms with Crippen molar-refractivity contribution in [1.29, 1.82) is 0 Å². The quantitative estimate of drug-likeness (QED) is 0.311. The fourth-order valence-electron chi connectivity index (χ4n) is 7.34. The number of piperidine rings is 1. The predicted octanol–water partition coefficient (Wildman–Crippen LogP) is 5.31. The molecule has 0 amide bonds.